The third-order valence-corrected chi connectivity index (χ3v) is 4.10. The maximum Gasteiger partial charge on any atom is 0.274 e. The molecule has 3 rings (SSSR count). The summed E-state index contributed by atoms with van der Waals surface area (Å²) in [5, 5.41) is 6.07. The van der Waals surface area contributed by atoms with Crippen molar-refractivity contribution in [3.05, 3.63) is 77.1 Å². The Labute approximate surface area is 153 Å². The minimum atomic E-state index is -0.255. The van der Waals surface area contributed by atoms with Gasteiger partial charge in [-0.2, -0.15) is 0 Å². The van der Waals surface area contributed by atoms with Crippen LogP contribution in [0.1, 0.15) is 34.2 Å². The monoisotopic (exact) mass is 346 g/mol. The third kappa shape index (κ3) is 4.25. The predicted octanol–water partition coefficient (Wildman–Crippen LogP) is 4.65. The summed E-state index contributed by atoms with van der Waals surface area (Å²) in [6.07, 6.45) is 0.991. The lowest BCUT2D eigenvalue weighted by Crippen LogP contribution is -2.16. The predicted molar refractivity (Wildman–Crippen MR) is 105 cm³/mol. The molecular formula is C21H22N4O. The molecule has 26 heavy (non-hydrogen) atoms. The second kappa shape index (κ2) is 7.78. The lowest BCUT2D eigenvalue weighted by Gasteiger charge is -2.10. The number of aryl methyl sites for hydroxylation is 3. The van der Waals surface area contributed by atoms with Gasteiger partial charge >= 0.3 is 0 Å². The Hall–Kier alpha value is -3.21. The van der Waals surface area contributed by atoms with Crippen molar-refractivity contribution in [2.45, 2.75) is 27.2 Å². The molecule has 0 bridgehead atoms. The van der Waals surface area contributed by atoms with E-state index in [1.54, 1.807) is 6.07 Å². The molecule has 1 heterocycles. The van der Waals surface area contributed by atoms with Crippen molar-refractivity contribution >= 4 is 23.2 Å². The number of amides is 1. The summed E-state index contributed by atoms with van der Waals surface area (Å²) in [5.41, 5.74) is 4.98. The number of rotatable bonds is 5. The molecule has 0 spiro atoms. The average Bonchev–Trinajstić information content (AvgIpc) is 2.64. The summed E-state index contributed by atoms with van der Waals surface area (Å²) in [6, 6.07) is 17.4. The van der Waals surface area contributed by atoms with Crippen LogP contribution in [0.4, 0.5) is 17.3 Å². The Balaban J connectivity index is 1.80. The molecule has 0 unspecified atom stereocenters. The molecule has 0 fully saturated rings. The number of hydrogen-bond donors (Lipinski definition) is 2. The van der Waals surface area contributed by atoms with E-state index in [-0.39, 0.29) is 5.91 Å². The van der Waals surface area contributed by atoms with Gasteiger partial charge in [0.05, 0.1) is 0 Å². The summed E-state index contributed by atoms with van der Waals surface area (Å²) in [6.45, 7) is 5.91. The maximum atomic E-state index is 12.6. The molecule has 5 heteroatoms. The first-order valence-corrected chi connectivity index (χ1v) is 8.64. The second-order valence-corrected chi connectivity index (χ2v) is 6.16. The van der Waals surface area contributed by atoms with Crippen LogP contribution >= 0.6 is 0 Å². The van der Waals surface area contributed by atoms with Crippen LogP contribution in [0.2, 0.25) is 0 Å². The lowest BCUT2D eigenvalue weighted by molar-refractivity contribution is 0.102. The Morgan fingerprint density at radius 3 is 2.42 bits per heavy atom. The Morgan fingerprint density at radius 1 is 1.00 bits per heavy atom. The fourth-order valence-corrected chi connectivity index (χ4v) is 2.59. The molecule has 132 valence electrons. The molecule has 0 aliphatic rings. The molecule has 0 aliphatic carbocycles. The van der Waals surface area contributed by atoms with E-state index in [1.165, 1.54) is 5.56 Å². The SMILES string of the molecule is CCc1ccc(Nc2nc(C)cc(C(=O)Nc3ccccc3C)n2)cc1. The van der Waals surface area contributed by atoms with Crippen molar-refractivity contribution in [2.24, 2.45) is 0 Å². The van der Waals surface area contributed by atoms with Gasteiger partial charge < -0.3 is 10.6 Å². The van der Waals surface area contributed by atoms with Crippen molar-refractivity contribution in [2.75, 3.05) is 10.6 Å². The van der Waals surface area contributed by atoms with E-state index in [0.717, 1.165) is 29.1 Å². The fourth-order valence-electron chi connectivity index (χ4n) is 2.59. The van der Waals surface area contributed by atoms with Crippen LogP contribution in [-0.2, 0) is 6.42 Å². The van der Waals surface area contributed by atoms with Crippen molar-refractivity contribution in [1.29, 1.82) is 0 Å². The van der Waals surface area contributed by atoms with Gasteiger partial charge in [0.25, 0.3) is 5.91 Å². The highest BCUT2D eigenvalue weighted by molar-refractivity contribution is 6.03. The fraction of sp³-hybridized carbons (Fsp3) is 0.190. The van der Waals surface area contributed by atoms with E-state index in [2.05, 4.69) is 39.7 Å². The molecule has 0 atom stereocenters. The molecule has 0 saturated carbocycles. The first kappa shape index (κ1) is 17.6. The van der Waals surface area contributed by atoms with Crippen LogP contribution in [0, 0.1) is 13.8 Å². The normalized spacial score (nSPS) is 10.4. The molecule has 1 amide bonds. The van der Waals surface area contributed by atoms with Crippen molar-refractivity contribution in [3.63, 3.8) is 0 Å². The van der Waals surface area contributed by atoms with Crippen LogP contribution < -0.4 is 10.6 Å². The van der Waals surface area contributed by atoms with Crippen LogP contribution in [-0.4, -0.2) is 15.9 Å². The van der Waals surface area contributed by atoms with Gasteiger partial charge in [-0.1, -0.05) is 37.3 Å². The maximum absolute atomic E-state index is 12.6. The summed E-state index contributed by atoms with van der Waals surface area (Å²) in [4.78, 5) is 21.3. The van der Waals surface area contributed by atoms with E-state index in [9.17, 15) is 4.79 Å². The smallest absolute Gasteiger partial charge is 0.274 e. The molecule has 5 nitrogen and oxygen atoms in total. The zero-order chi connectivity index (χ0) is 18.5. The van der Waals surface area contributed by atoms with Gasteiger partial charge in [0.1, 0.15) is 5.69 Å². The van der Waals surface area contributed by atoms with Crippen molar-refractivity contribution in [1.82, 2.24) is 9.97 Å². The standard InChI is InChI=1S/C21H22N4O/c1-4-16-9-11-17(12-10-16)23-21-22-15(3)13-19(25-21)20(26)24-18-8-6-5-7-14(18)2/h5-13H,4H2,1-3H3,(H,24,26)(H,22,23,25). The largest absolute Gasteiger partial charge is 0.324 e. The number of nitrogens with zero attached hydrogens (tertiary/aromatic N) is 2. The van der Waals surface area contributed by atoms with E-state index in [0.29, 0.717) is 11.6 Å². The van der Waals surface area contributed by atoms with Gasteiger partial charge in [0.15, 0.2) is 0 Å². The van der Waals surface area contributed by atoms with Gasteiger partial charge in [-0.15, -0.1) is 0 Å². The molecule has 1 aromatic heterocycles. The highest BCUT2D eigenvalue weighted by atomic mass is 16.1. The zero-order valence-corrected chi connectivity index (χ0v) is 15.2. The van der Waals surface area contributed by atoms with E-state index >= 15 is 0 Å². The summed E-state index contributed by atoms with van der Waals surface area (Å²) in [5.74, 6) is 0.151. The number of benzene rings is 2. The van der Waals surface area contributed by atoms with E-state index in [4.69, 9.17) is 0 Å². The van der Waals surface area contributed by atoms with Gasteiger partial charge in [-0.05, 0) is 55.7 Å². The number of carbonyl (C=O) groups excluding carboxylic acids is 1. The number of hydrogen-bond acceptors (Lipinski definition) is 4. The second-order valence-electron chi connectivity index (χ2n) is 6.16. The highest BCUT2D eigenvalue weighted by Crippen LogP contribution is 2.17. The quantitative estimate of drug-likeness (QED) is 0.705. The van der Waals surface area contributed by atoms with Crippen LogP contribution in [0.5, 0.6) is 0 Å². The van der Waals surface area contributed by atoms with Gasteiger partial charge in [-0.25, -0.2) is 9.97 Å². The summed E-state index contributed by atoms with van der Waals surface area (Å²) >= 11 is 0. The van der Waals surface area contributed by atoms with Crippen molar-refractivity contribution in [3.8, 4) is 0 Å². The number of aromatic nitrogens is 2. The molecule has 0 saturated heterocycles. The van der Waals surface area contributed by atoms with Gasteiger partial charge in [-0.3, -0.25) is 4.79 Å². The Morgan fingerprint density at radius 2 is 1.73 bits per heavy atom. The zero-order valence-electron chi connectivity index (χ0n) is 15.2. The van der Waals surface area contributed by atoms with Crippen LogP contribution in [0.15, 0.2) is 54.6 Å². The van der Waals surface area contributed by atoms with Gasteiger partial charge in [0, 0.05) is 17.1 Å². The Kier molecular flexibility index (Phi) is 5.27. The van der Waals surface area contributed by atoms with Crippen molar-refractivity contribution < 1.29 is 4.79 Å². The minimum absolute atomic E-state index is 0.255. The van der Waals surface area contributed by atoms with Crippen LogP contribution in [0.25, 0.3) is 0 Å². The van der Waals surface area contributed by atoms with E-state index in [1.807, 2.05) is 50.2 Å². The highest BCUT2D eigenvalue weighted by Gasteiger charge is 2.12. The number of para-hydroxylation sites is 1. The van der Waals surface area contributed by atoms with Crippen LogP contribution in [0.3, 0.4) is 0 Å². The number of carbonyl (C=O) groups is 1. The molecule has 2 N–H and O–H groups in total. The molecule has 3 aromatic rings. The topological polar surface area (TPSA) is 66.9 Å². The first-order valence-electron chi connectivity index (χ1n) is 8.64. The first-order chi connectivity index (χ1) is 12.5. The molecular weight excluding hydrogens is 324 g/mol. The van der Waals surface area contributed by atoms with Gasteiger partial charge in [0.2, 0.25) is 5.95 Å². The summed E-state index contributed by atoms with van der Waals surface area (Å²) in [7, 11) is 0. The lowest BCUT2D eigenvalue weighted by atomic mass is 10.1. The molecule has 0 aliphatic heterocycles. The molecule has 0 radical (unpaired) electrons. The Bertz CT molecular complexity index is 920. The minimum Gasteiger partial charge on any atom is -0.324 e. The van der Waals surface area contributed by atoms with E-state index < -0.39 is 0 Å². The third-order valence-electron chi connectivity index (χ3n) is 4.10. The average molecular weight is 346 g/mol. The summed E-state index contributed by atoms with van der Waals surface area (Å²) < 4.78 is 0. The number of nitrogens with one attached hydrogen (secondary N) is 2. The number of anilines is 3. The molecule has 2 aromatic carbocycles.